The molecule has 184 valence electrons. The molecule has 1 unspecified atom stereocenters. The van der Waals surface area contributed by atoms with Crippen molar-refractivity contribution in [1.82, 2.24) is 4.98 Å². The van der Waals surface area contributed by atoms with Crippen LogP contribution in [-0.2, 0) is 4.74 Å². The topological polar surface area (TPSA) is 119 Å². The number of esters is 1. The van der Waals surface area contributed by atoms with Crippen LogP contribution in [0.1, 0.15) is 48.7 Å². The molecule has 5 rings (SSSR count). The van der Waals surface area contributed by atoms with Gasteiger partial charge in [0, 0.05) is 0 Å². The average molecular weight is 571 g/mol. The first-order valence-corrected chi connectivity index (χ1v) is 12.3. The fourth-order valence-corrected chi connectivity index (χ4v) is 5.75. The third kappa shape index (κ3) is 3.58. The van der Waals surface area contributed by atoms with Crippen LogP contribution in [-0.4, -0.2) is 36.2 Å². The van der Waals surface area contributed by atoms with Crippen molar-refractivity contribution in [3.63, 3.8) is 0 Å². The molecule has 1 aliphatic heterocycles. The number of ether oxygens (including phenoxy) is 2. The normalized spacial score (nSPS) is 14.9. The lowest BCUT2D eigenvalue weighted by atomic mass is 9.98. The average Bonchev–Trinajstić information content (AvgIpc) is 3.38. The Hall–Kier alpha value is -3.70. The van der Waals surface area contributed by atoms with E-state index in [-0.39, 0.29) is 43.8 Å². The second kappa shape index (κ2) is 8.75. The van der Waals surface area contributed by atoms with Crippen molar-refractivity contribution in [2.24, 2.45) is 0 Å². The Morgan fingerprint density at radius 3 is 2.64 bits per heavy atom. The zero-order chi connectivity index (χ0) is 25.9. The Balaban J connectivity index is 1.82. The Labute approximate surface area is 217 Å². The first-order chi connectivity index (χ1) is 17.2. The molecule has 0 saturated heterocycles. The number of aromatic hydroxyl groups is 1. The van der Waals surface area contributed by atoms with Crippen molar-refractivity contribution >= 4 is 55.2 Å². The Bertz CT molecular complexity index is 1640. The molecule has 9 nitrogen and oxygen atoms in total. The maximum atomic E-state index is 13.8. The molecular weight excluding hydrogens is 552 g/mol. The largest absolute Gasteiger partial charge is 0.503 e. The quantitative estimate of drug-likeness (QED) is 0.345. The number of aromatic nitrogens is 1. The van der Waals surface area contributed by atoms with Gasteiger partial charge in [-0.3, -0.25) is 14.5 Å². The minimum Gasteiger partial charge on any atom is -0.503 e. The number of aryl methyl sites for hydroxylation is 2. The van der Waals surface area contributed by atoms with E-state index in [9.17, 15) is 19.5 Å². The van der Waals surface area contributed by atoms with Crippen molar-refractivity contribution < 1.29 is 28.6 Å². The van der Waals surface area contributed by atoms with Gasteiger partial charge in [0.1, 0.15) is 10.5 Å². The SMILES string of the molecule is COC(=O)c1sc(N2C(=O)c3oc4ccc(C)cc4c(=O)c3C2c2cc(Br)c(O)c(OC)c2)nc1C. The number of amides is 1. The van der Waals surface area contributed by atoms with E-state index >= 15 is 0 Å². The van der Waals surface area contributed by atoms with Crippen molar-refractivity contribution in [2.45, 2.75) is 19.9 Å². The predicted octanol–water partition coefficient (Wildman–Crippen LogP) is 4.88. The van der Waals surface area contributed by atoms with Crippen LogP contribution < -0.4 is 15.1 Å². The van der Waals surface area contributed by atoms with Crippen molar-refractivity contribution in [3.8, 4) is 11.5 Å². The summed E-state index contributed by atoms with van der Waals surface area (Å²) in [4.78, 5) is 45.8. The summed E-state index contributed by atoms with van der Waals surface area (Å²) in [7, 11) is 2.66. The summed E-state index contributed by atoms with van der Waals surface area (Å²) in [5.74, 6) is -1.26. The lowest BCUT2D eigenvalue weighted by Crippen LogP contribution is -2.29. The van der Waals surface area contributed by atoms with Gasteiger partial charge in [-0.1, -0.05) is 23.0 Å². The molecule has 0 fully saturated rings. The molecule has 11 heteroatoms. The van der Waals surface area contributed by atoms with E-state index < -0.39 is 17.9 Å². The van der Waals surface area contributed by atoms with E-state index in [1.807, 2.05) is 6.92 Å². The van der Waals surface area contributed by atoms with Crippen LogP contribution in [0.15, 0.2) is 44.0 Å². The van der Waals surface area contributed by atoms with Crippen LogP contribution in [0.25, 0.3) is 11.0 Å². The summed E-state index contributed by atoms with van der Waals surface area (Å²) in [6.07, 6.45) is 0. The highest BCUT2D eigenvalue weighted by atomic mass is 79.9. The first kappa shape index (κ1) is 24.0. The minimum atomic E-state index is -0.962. The van der Waals surface area contributed by atoms with Gasteiger partial charge in [-0.2, -0.15) is 0 Å². The van der Waals surface area contributed by atoms with Crippen LogP contribution in [0.4, 0.5) is 5.13 Å². The molecule has 36 heavy (non-hydrogen) atoms. The number of hydrogen-bond acceptors (Lipinski definition) is 9. The summed E-state index contributed by atoms with van der Waals surface area (Å²) in [5.41, 5.74) is 1.77. The summed E-state index contributed by atoms with van der Waals surface area (Å²) >= 11 is 4.29. The Morgan fingerprint density at radius 1 is 1.19 bits per heavy atom. The molecule has 0 bridgehead atoms. The van der Waals surface area contributed by atoms with E-state index in [0.717, 1.165) is 16.9 Å². The number of methoxy groups -OCH3 is 2. The number of hydrogen-bond donors (Lipinski definition) is 1. The van der Waals surface area contributed by atoms with Crippen LogP contribution in [0.2, 0.25) is 0 Å². The maximum absolute atomic E-state index is 13.8. The molecule has 0 radical (unpaired) electrons. The van der Waals surface area contributed by atoms with Gasteiger partial charge < -0.3 is 19.0 Å². The number of nitrogens with zero attached hydrogens (tertiary/aromatic N) is 2. The number of phenolic OH excluding ortho intramolecular Hbond substituents is 1. The monoisotopic (exact) mass is 570 g/mol. The number of carbonyl (C=O) groups is 2. The third-order valence-electron chi connectivity index (χ3n) is 5.97. The van der Waals surface area contributed by atoms with Gasteiger partial charge in [-0.05, 0) is 59.6 Å². The van der Waals surface area contributed by atoms with Crippen LogP contribution in [0, 0.1) is 13.8 Å². The number of anilines is 1. The molecular formula is C25H19BrN2O7S. The van der Waals surface area contributed by atoms with E-state index in [2.05, 4.69) is 20.9 Å². The van der Waals surface area contributed by atoms with Gasteiger partial charge in [-0.25, -0.2) is 9.78 Å². The standard InChI is InChI=1S/C25H19BrN2O7S/c1-10-5-6-15-13(7-10)19(29)17-18(12-8-14(26)20(30)16(9-12)33-3)28(23(31)21(17)35-15)25-27-11(2)22(36-25)24(32)34-4/h5-9,18,30H,1-4H3. The van der Waals surface area contributed by atoms with Crippen LogP contribution in [0.3, 0.4) is 0 Å². The number of rotatable bonds is 4. The number of benzene rings is 2. The third-order valence-corrected chi connectivity index (χ3v) is 7.72. The first-order valence-electron chi connectivity index (χ1n) is 10.7. The molecule has 4 aromatic rings. The summed E-state index contributed by atoms with van der Waals surface area (Å²) in [6, 6.07) is 7.33. The lowest BCUT2D eigenvalue weighted by molar-refractivity contribution is 0.0605. The number of fused-ring (bicyclic) bond motifs is 2. The zero-order valence-electron chi connectivity index (χ0n) is 19.5. The second-order valence-corrected chi connectivity index (χ2v) is 10.0. The molecule has 2 aromatic carbocycles. The number of thiazole rings is 1. The van der Waals surface area contributed by atoms with Crippen molar-refractivity contribution in [2.75, 3.05) is 19.1 Å². The minimum absolute atomic E-state index is 0.114. The van der Waals surface area contributed by atoms with Gasteiger partial charge in [-0.15, -0.1) is 0 Å². The van der Waals surface area contributed by atoms with E-state index in [1.54, 1.807) is 37.3 Å². The van der Waals surface area contributed by atoms with Gasteiger partial charge in [0.15, 0.2) is 22.1 Å². The van der Waals surface area contributed by atoms with Crippen molar-refractivity contribution in [1.29, 1.82) is 0 Å². The highest BCUT2D eigenvalue weighted by molar-refractivity contribution is 9.10. The molecule has 2 aromatic heterocycles. The highest BCUT2D eigenvalue weighted by Crippen LogP contribution is 2.46. The van der Waals surface area contributed by atoms with Crippen LogP contribution >= 0.6 is 27.3 Å². The molecule has 1 amide bonds. The van der Waals surface area contributed by atoms with E-state index in [1.165, 1.54) is 19.1 Å². The summed E-state index contributed by atoms with van der Waals surface area (Å²) in [5, 5.41) is 10.9. The Morgan fingerprint density at radius 2 is 1.94 bits per heavy atom. The van der Waals surface area contributed by atoms with Gasteiger partial charge in [0.2, 0.25) is 5.76 Å². The van der Waals surface area contributed by atoms with Gasteiger partial charge in [0.05, 0.1) is 41.4 Å². The molecule has 1 atom stereocenters. The zero-order valence-corrected chi connectivity index (χ0v) is 21.9. The molecule has 0 spiro atoms. The fourth-order valence-electron chi connectivity index (χ4n) is 4.27. The summed E-state index contributed by atoms with van der Waals surface area (Å²) in [6.45, 7) is 3.49. The predicted molar refractivity (Wildman–Crippen MR) is 136 cm³/mol. The maximum Gasteiger partial charge on any atom is 0.350 e. The van der Waals surface area contributed by atoms with Crippen LogP contribution in [0.5, 0.6) is 11.5 Å². The smallest absolute Gasteiger partial charge is 0.350 e. The highest BCUT2D eigenvalue weighted by Gasteiger charge is 2.45. The van der Waals surface area contributed by atoms with Crippen molar-refractivity contribution in [3.05, 3.63) is 78.0 Å². The number of carbonyl (C=O) groups excluding carboxylic acids is 2. The van der Waals surface area contributed by atoms with Gasteiger partial charge in [0.25, 0.3) is 5.91 Å². The summed E-state index contributed by atoms with van der Waals surface area (Å²) < 4.78 is 16.4. The fraction of sp³-hybridized carbons (Fsp3) is 0.200. The Kier molecular flexibility index (Phi) is 5.84. The lowest BCUT2D eigenvalue weighted by Gasteiger charge is -2.23. The number of phenols is 1. The molecule has 1 N–H and O–H groups in total. The van der Waals surface area contributed by atoms with Gasteiger partial charge >= 0.3 is 5.97 Å². The molecule has 1 aliphatic rings. The molecule has 3 heterocycles. The number of halogens is 1. The van der Waals surface area contributed by atoms with E-state index in [4.69, 9.17) is 13.9 Å². The second-order valence-electron chi connectivity index (χ2n) is 8.21. The van der Waals surface area contributed by atoms with E-state index in [0.29, 0.717) is 21.1 Å². The molecule has 0 saturated carbocycles. The molecule has 0 aliphatic carbocycles.